The standard InChI is InChI=1S/C22H22BrF3N2O5S/c1-2-32-20(29)8-9-27-12-21(13-27)14-28(18-11-16(23)6-7-19(18)33-21)34(30,31)17-5-3-4-15(10-17)22(24,25)26/h3-7,10-11H,2,8-9,12-14H2,1H3. The van der Waals surface area contributed by atoms with Crippen LogP contribution in [0.3, 0.4) is 0 Å². The SMILES string of the molecule is CCOC(=O)CCN1CC2(C1)CN(S(=O)(=O)c1cccc(C(F)(F)F)c1)c1cc(Br)ccc1O2. The molecule has 1 fully saturated rings. The molecule has 0 bridgehead atoms. The molecule has 0 aliphatic carbocycles. The van der Waals surface area contributed by atoms with Gasteiger partial charge in [-0.25, -0.2) is 8.42 Å². The van der Waals surface area contributed by atoms with Crippen molar-refractivity contribution in [2.75, 3.05) is 37.1 Å². The number of esters is 1. The van der Waals surface area contributed by atoms with Crippen LogP contribution in [0.5, 0.6) is 5.75 Å². The summed E-state index contributed by atoms with van der Waals surface area (Å²) in [6, 6.07) is 8.58. The Morgan fingerprint density at radius 1 is 1.18 bits per heavy atom. The van der Waals surface area contributed by atoms with E-state index < -0.39 is 32.3 Å². The van der Waals surface area contributed by atoms with E-state index in [0.29, 0.717) is 42.5 Å². The van der Waals surface area contributed by atoms with Crippen LogP contribution in [0.15, 0.2) is 51.8 Å². The van der Waals surface area contributed by atoms with Gasteiger partial charge in [-0.2, -0.15) is 13.2 Å². The molecule has 2 aromatic rings. The van der Waals surface area contributed by atoms with Crippen molar-refractivity contribution in [3.8, 4) is 5.75 Å². The number of halogens is 4. The first-order chi connectivity index (χ1) is 15.9. The molecule has 0 radical (unpaired) electrons. The predicted octanol–water partition coefficient (Wildman–Crippen LogP) is 4.06. The van der Waals surface area contributed by atoms with Gasteiger partial charge in [-0.3, -0.25) is 14.0 Å². The summed E-state index contributed by atoms with van der Waals surface area (Å²) in [6.07, 6.45) is -4.48. The van der Waals surface area contributed by atoms with Crippen molar-refractivity contribution in [2.24, 2.45) is 0 Å². The third-order valence-electron chi connectivity index (χ3n) is 5.66. The van der Waals surface area contributed by atoms with Crippen LogP contribution >= 0.6 is 15.9 Å². The van der Waals surface area contributed by atoms with E-state index in [0.717, 1.165) is 22.5 Å². The summed E-state index contributed by atoms with van der Waals surface area (Å²) in [7, 11) is -4.33. The van der Waals surface area contributed by atoms with Gasteiger partial charge in [0.15, 0.2) is 5.60 Å². The fourth-order valence-corrected chi connectivity index (χ4v) is 6.07. The minimum Gasteiger partial charge on any atom is -0.480 e. The van der Waals surface area contributed by atoms with Crippen LogP contribution in [0.4, 0.5) is 18.9 Å². The van der Waals surface area contributed by atoms with Gasteiger partial charge in [-0.15, -0.1) is 0 Å². The molecule has 2 aromatic carbocycles. The van der Waals surface area contributed by atoms with Crippen molar-refractivity contribution in [1.29, 1.82) is 0 Å². The monoisotopic (exact) mass is 562 g/mol. The normalized spacial score (nSPS) is 17.6. The zero-order chi connectivity index (χ0) is 24.7. The second-order valence-corrected chi connectivity index (χ2v) is 11.0. The van der Waals surface area contributed by atoms with Gasteiger partial charge >= 0.3 is 12.1 Å². The quantitative estimate of drug-likeness (QED) is 0.494. The molecule has 2 heterocycles. The number of likely N-dealkylation sites (tertiary alicyclic amines) is 1. The van der Waals surface area contributed by atoms with E-state index in [1.54, 1.807) is 25.1 Å². The minimum atomic E-state index is -4.67. The number of fused-ring (bicyclic) bond motifs is 1. The molecule has 7 nitrogen and oxygen atoms in total. The summed E-state index contributed by atoms with van der Waals surface area (Å²) in [6.45, 7) is 3.08. The van der Waals surface area contributed by atoms with Crippen LogP contribution in [-0.4, -0.2) is 57.7 Å². The van der Waals surface area contributed by atoms with Crippen LogP contribution in [0.2, 0.25) is 0 Å². The fraction of sp³-hybridized carbons (Fsp3) is 0.409. The largest absolute Gasteiger partial charge is 0.480 e. The molecule has 2 aliphatic heterocycles. The molecule has 184 valence electrons. The third-order valence-corrected chi connectivity index (χ3v) is 7.91. The van der Waals surface area contributed by atoms with Crippen molar-refractivity contribution in [1.82, 2.24) is 4.90 Å². The van der Waals surface area contributed by atoms with E-state index in [1.165, 1.54) is 0 Å². The highest BCUT2D eigenvalue weighted by Crippen LogP contribution is 2.44. The van der Waals surface area contributed by atoms with Gasteiger partial charge in [0.25, 0.3) is 10.0 Å². The first-order valence-electron chi connectivity index (χ1n) is 10.5. The van der Waals surface area contributed by atoms with E-state index in [9.17, 15) is 26.4 Å². The topological polar surface area (TPSA) is 76.2 Å². The lowest BCUT2D eigenvalue weighted by molar-refractivity contribution is -0.145. The average molecular weight is 563 g/mol. The number of hydrogen-bond acceptors (Lipinski definition) is 6. The van der Waals surface area contributed by atoms with Crippen molar-refractivity contribution in [3.05, 3.63) is 52.5 Å². The van der Waals surface area contributed by atoms with Crippen LogP contribution in [0.1, 0.15) is 18.9 Å². The lowest BCUT2D eigenvalue weighted by Crippen LogP contribution is -2.71. The third kappa shape index (κ3) is 4.89. The number of alkyl halides is 3. The maximum atomic E-state index is 13.5. The Hall–Kier alpha value is -2.31. The maximum absolute atomic E-state index is 13.5. The molecular formula is C22H22BrF3N2O5S. The molecule has 2 aliphatic rings. The first kappa shape index (κ1) is 24.8. The highest BCUT2D eigenvalue weighted by molar-refractivity contribution is 9.10. The second-order valence-electron chi connectivity index (χ2n) is 8.20. The number of hydrogen-bond donors (Lipinski definition) is 0. The van der Waals surface area contributed by atoms with Crippen molar-refractivity contribution in [3.63, 3.8) is 0 Å². The lowest BCUT2D eigenvalue weighted by atomic mass is 9.91. The van der Waals surface area contributed by atoms with Crippen molar-refractivity contribution < 1.29 is 35.9 Å². The summed E-state index contributed by atoms with van der Waals surface area (Å²) < 4.78 is 79.6. The van der Waals surface area contributed by atoms with Gasteiger partial charge in [0, 0.05) is 24.1 Å². The van der Waals surface area contributed by atoms with Crippen LogP contribution < -0.4 is 9.04 Å². The number of anilines is 1. The molecule has 12 heteroatoms. The molecule has 0 unspecified atom stereocenters. The van der Waals surface area contributed by atoms with E-state index in [2.05, 4.69) is 15.9 Å². The Bertz CT molecular complexity index is 1200. The van der Waals surface area contributed by atoms with Crippen molar-refractivity contribution >= 4 is 37.6 Å². The first-order valence-corrected chi connectivity index (χ1v) is 12.7. The average Bonchev–Trinajstić information content (AvgIpc) is 2.75. The lowest BCUT2D eigenvalue weighted by Gasteiger charge is -2.54. The van der Waals surface area contributed by atoms with Gasteiger partial charge < -0.3 is 9.47 Å². The summed E-state index contributed by atoms with van der Waals surface area (Å²) in [4.78, 5) is 13.1. The number of carbonyl (C=O) groups excluding carboxylic acids is 1. The second kappa shape index (κ2) is 9.04. The molecule has 0 amide bonds. The van der Waals surface area contributed by atoms with Gasteiger partial charge in [-0.05, 0) is 43.3 Å². The molecule has 0 aromatic heterocycles. The summed E-state index contributed by atoms with van der Waals surface area (Å²) in [5, 5.41) is 0. The molecule has 4 rings (SSSR count). The van der Waals surface area contributed by atoms with Crippen LogP contribution in [-0.2, 0) is 25.7 Å². The Morgan fingerprint density at radius 2 is 1.91 bits per heavy atom. The highest BCUT2D eigenvalue weighted by Gasteiger charge is 2.52. The molecule has 0 saturated carbocycles. The summed E-state index contributed by atoms with van der Waals surface area (Å²) in [5.41, 5.74) is -1.69. The molecular weight excluding hydrogens is 541 g/mol. The number of rotatable bonds is 6. The van der Waals surface area contributed by atoms with E-state index in [1.807, 2.05) is 4.90 Å². The molecule has 34 heavy (non-hydrogen) atoms. The fourth-order valence-electron chi connectivity index (χ4n) is 4.13. The Kier molecular flexibility index (Phi) is 6.60. The zero-order valence-corrected chi connectivity index (χ0v) is 20.5. The number of carbonyl (C=O) groups is 1. The molecule has 1 saturated heterocycles. The highest BCUT2D eigenvalue weighted by atomic mass is 79.9. The van der Waals surface area contributed by atoms with Gasteiger partial charge in [-0.1, -0.05) is 22.0 Å². The zero-order valence-electron chi connectivity index (χ0n) is 18.1. The number of ether oxygens (including phenoxy) is 2. The Balaban J connectivity index is 1.62. The Morgan fingerprint density at radius 3 is 2.59 bits per heavy atom. The number of sulfonamides is 1. The minimum absolute atomic E-state index is 0.0784. The van der Waals surface area contributed by atoms with Crippen LogP contribution in [0, 0.1) is 0 Å². The molecule has 0 N–H and O–H groups in total. The summed E-state index contributed by atoms with van der Waals surface area (Å²) >= 11 is 3.32. The van der Waals surface area contributed by atoms with Gasteiger partial charge in [0.1, 0.15) is 5.75 Å². The number of nitrogens with zero attached hydrogens (tertiary/aromatic N) is 2. The van der Waals surface area contributed by atoms with Crippen molar-refractivity contribution in [2.45, 2.75) is 30.0 Å². The van der Waals surface area contributed by atoms with Gasteiger partial charge in [0.05, 0.1) is 35.7 Å². The number of benzene rings is 2. The smallest absolute Gasteiger partial charge is 0.416 e. The van der Waals surface area contributed by atoms with E-state index in [4.69, 9.17) is 9.47 Å². The summed E-state index contributed by atoms with van der Waals surface area (Å²) in [5.74, 6) is -0.00740. The predicted molar refractivity (Wildman–Crippen MR) is 121 cm³/mol. The van der Waals surface area contributed by atoms with Gasteiger partial charge in [0.2, 0.25) is 0 Å². The molecule has 0 atom stereocenters. The maximum Gasteiger partial charge on any atom is 0.416 e. The molecule has 1 spiro atoms. The van der Waals surface area contributed by atoms with E-state index in [-0.39, 0.29) is 24.6 Å². The van der Waals surface area contributed by atoms with Crippen LogP contribution in [0.25, 0.3) is 0 Å². The Labute approximate surface area is 203 Å². The van der Waals surface area contributed by atoms with E-state index >= 15 is 0 Å².